The largest absolute Gasteiger partial charge is 0.465 e. The SMILES string of the molecule is CC[C@H](C)c1ccccc1NC(=O)[C@H](C)OC(=O)/C=C/c1ccco1. The topological polar surface area (TPSA) is 68.5 Å². The normalized spacial score (nSPS) is 13.4. The van der Waals surface area contributed by atoms with E-state index in [1.807, 2.05) is 24.3 Å². The third-order valence-corrected chi connectivity index (χ3v) is 3.95. The highest BCUT2D eigenvalue weighted by atomic mass is 16.5. The standard InChI is InChI=1S/C20H23NO4/c1-4-14(2)17-9-5-6-10-18(17)21-20(23)15(3)25-19(22)12-11-16-8-7-13-24-16/h5-15H,4H2,1-3H3,(H,21,23)/b12-11+/t14-,15-/m0/s1. The molecule has 1 heterocycles. The predicted octanol–water partition coefficient (Wildman–Crippen LogP) is 4.38. The molecule has 132 valence electrons. The number of carbonyl (C=O) groups excluding carboxylic acids is 2. The van der Waals surface area contributed by atoms with Crippen LogP contribution in [0.15, 0.2) is 53.2 Å². The van der Waals surface area contributed by atoms with Crippen LogP contribution in [0.3, 0.4) is 0 Å². The van der Waals surface area contributed by atoms with Crippen LogP contribution in [0, 0.1) is 0 Å². The molecular weight excluding hydrogens is 318 g/mol. The first-order valence-corrected chi connectivity index (χ1v) is 8.33. The van der Waals surface area contributed by atoms with Crippen molar-refractivity contribution in [1.82, 2.24) is 0 Å². The summed E-state index contributed by atoms with van der Waals surface area (Å²) in [6, 6.07) is 11.1. The minimum Gasteiger partial charge on any atom is -0.465 e. The second-order valence-corrected chi connectivity index (χ2v) is 5.81. The Bertz CT molecular complexity index is 734. The molecule has 0 radical (unpaired) electrons. The maximum absolute atomic E-state index is 12.3. The van der Waals surface area contributed by atoms with E-state index in [-0.39, 0.29) is 5.91 Å². The zero-order valence-electron chi connectivity index (χ0n) is 14.7. The maximum atomic E-state index is 12.3. The van der Waals surface area contributed by atoms with Gasteiger partial charge in [-0.2, -0.15) is 0 Å². The van der Waals surface area contributed by atoms with Crippen LogP contribution in [0.2, 0.25) is 0 Å². The molecule has 0 saturated heterocycles. The van der Waals surface area contributed by atoms with Gasteiger partial charge in [-0.25, -0.2) is 4.79 Å². The highest BCUT2D eigenvalue weighted by Gasteiger charge is 2.18. The van der Waals surface area contributed by atoms with Crippen LogP contribution >= 0.6 is 0 Å². The number of ether oxygens (including phenoxy) is 1. The van der Waals surface area contributed by atoms with Crippen LogP contribution in [-0.2, 0) is 14.3 Å². The van der Waals surface area contributed by atoms with Crippen molar-refractivity contribution in [3.05, 3.63) is 60.1 Å². The van der Waals surface area contributed by atoms with Crippen LogP contribution in [0.4, 0.5) is 5.69 Å². The summed E-state index contributed by atoms with van der Waals surface area (Å²) in [4.78, 5) is 24.1. The minimum atomic E-state index is -0.904. The number of rotatable bonds is 7. The highest BCUT2D eigenvalue weighted by Crippen LogP contribution is 2.26. The molecule has 1 aromatic carbocycles. The van der Waals surface area contributed by atoms with Crippen molar-refractivity contribution >= 4 is 23.6 Å². The third-order valence-electron chi connectivity index (χ3n) is 3.95. The lowest BCUT2D eigenvalue weighted by Gasteiger charge is -2.17. The van der Waals surface area contributed by atoms with E-state index in [0.29, 0.717) is 11.7 Å². The molecule has 2 aromatic rings. The summed E-state index contributed by atoms with van der Waals surface area (Å²) in [7, 11) is 0. The Labute approximate surface area is 147 Å². The molecule has 0 spiro atoms. The molecule has 0 bridgehead atoms. The number of amides is 1. The van der Waals surface area contributed by atoms with Crippen molar-refractivity contribution in [3.63, 3.8) is 0 Å². The molecule has 0 aliphatic heterocycles. The van der Waals surface area contributed by atoms with E-state index < -0.39 is 12.1 Å². The Morgan fingerprint density at radius 1 is 1.20 bits per heavy atom. The Morgan fingerprint density at radius 2 is 1.96 bits per heavy atom. The molecule has 0 aliphatic rings. The van der Waals surface area contributed by atoms with E-state index >= 15 is 0 Å². The number of esters is 1. The number of anilines is 1. The number of nitrogens with one attached hydrogen (secondary N) is 1. The first-order chi connectivity index (χ1) is 12.0. The number of furan rings is 1. The molecule has 0 aliphatic carbocycles. The van der Waals surface area contributed by atoms with Gasteiger partial charge in [0, 0.05) is 11.8 Å². The maximum Gasteiger partial charge on any atom is 0.331 e. The van der Waals surface area contributed by atoms with E-state index in [0.717, 1.165) is 17.7 Å². The third kappa shape index (κ3) is 5.35. The van der Waals surface area contributed by atoms with Gasteiger partial charge in [0.1, 0.15) is 5.76 Å². The zero-order valence-corrected chi connectivity index (χ0v) is 14.7. The summed E-state index contributed by atoms with van der Waals surface area (Å²) in [5, 5.41) is 2.84. The summed E-state index contributed by atoms with van der Waals surface area (Å²) in [6.07, 6.45) is 4.30. The van der Waals surface area contributed by atoms with Gasteiger partial charge in [-0.1, -0.05) is 32.0 Å². The fraction of sp³-hybridized carbons (Fsp3) is 0.300. The van der Waals surface area contributed by atoms with Crippen molar-refractivity contribution in [3.8, 4) is 0 Å². The first kappa shape index (κ1) is 18.5. The molecule has 25 heavy (non-hydrogen) atoms. The molecule has 2 rings (SSSR count). The molecule has 1 N–H and O–H groups in total. The van der Waals surface area contributed by atoms with Gasteiger partial charge < -0.3 is 14.5 Å². The molecular formula is C20H23NO4. The molecule has 5 nitrogen and oxygen atoms in total. The molecule has 1 aromatic heterocycles. The number of benzene rings is 1. The number of carbonyl (C=O) groups is 2. The fourth-order valence-corrected chi connectivity index (χ4v) is 2.30. The second kappa shape index (κ2) is 8.87. The average Bonchev–Trinajstić information content (AvgIpc) is 3.13. The van der Waals surface area contributed by atoms with Gasteiger partial charge in [-0.05, 0) is 49.1 Å². The van der Waals surface area contributed by atoms with Crippen molar-refractivity contribution in [2.75, 3.05) is 5.32 Å². The molecule has 0 unspecified atom stereocenters. The summed E-state index contributed by atoms with van der Waals surface area (Å²) >= 11 is 0. The van der Waals surface area contributed by atoms with Gasteiger partial charge in [0.05, 0.1) is 6.26 Å². The lowest BCUT2D eigenvalue weighted by atomic mass is 9.97. The summed E-state index contributed by atoms with van der Waals surface area (Å²) < 4.78 is 10.2. The Balaban J connectivity index is 1.95. The number of para-hydroxylation sites is 1. The minimum absolute atomic E-state index is 0.325. The van der Waals surface area contributed by atoms with E-state index in [9.17, 15) is 9.59 Å². The van der Waals surface area contributed by atoms with Crippen LogP contribution in [0.5, 0.6) is 0 Å². The Morgan fingerprint density at radius 3 is 2.64 bits per heavy atom. The van der Waals surface area contributed by atoms with Gasteiger partial charge in [0.25, 0.3) is 5.91 Å². The predicted molar refractivity (Wildman–Crippen MR) is 97.1 cm³/mol. The van der Waals surface area contributed by atoms with E-state index in [1.165, 1.54) is 18.4 Å². The molecule has 5 heteroatoms. The molecule has 2 atom stereocenters. The van der Waals surface area contributed by atoms with Crippen molar-refractivity contribution < 1.29 is 18.7 Å². The lowest BCUT2D eigenvalue weighted by Crippen LogP contribution is -2.29. The fourth-order valence-electron chi connectivity index (χ4n) is 2.30. The smallest absolute Gasteiger partial charge is 0.331 e. The number of hydrogen-bond donors (Lipinski definition) is 1. The molecule has 0 fully saturated rings. The monoisotopic (exact) mass is 341 g/mol. The summed E-state index contributed by atoms with van der Waals surface area (Å²) in [6.45, 7) is 5.74. The highest BCUT2D eigenvalue weighted by molar-refractivity contribution is 5.97. The van der Waals surface area contributed by atoms with E-state index in [4.69, 9.17) is 9.15 Å². The zero-order chi connectivity index (χ0) is 18.2. The first-order valence-electron chi connectivity index (χ1n) is 8.33. The Hall–Kier alpha value is -2.82. The van der Waals surface area contributed by atoms with Crippen LogP contribution < -0.4 is 5.32 Å². The van der Waals surface area contributed by atoms with Crippen LogP contribution in [-0.4, -0.2) is 18.0 Å². The van der Waals surface area contributed by atoms with Crippen LogP contribution in [0.1, 0.15) is 44.4 Å². The molecule has 1 amide bonds. The van der Waals surface area contributed by atoms with Gasteiger partial charge >= 0.3 is 5.97 Å². The lowest BCUT2D eigenvalue weighted by molar-refractivity contribution is -0.148. The quantitative estimate of drug-likeness (QED) is 0.599. The molecule has 0 saturated carbocycles. The van der Waals surface area contributed by atoms with Crippen molar-refractivity contribution in [2.45, 2.75) is 39.2 Å². The average molecular weight is 341 g/mol. The summed E-state index contributed by atoms with van der Waals surface area (Å²) in [5.74, 6) is -0.105. The van der Waals surface area contributed by atoms with E-state index in [2.05, 4.69) is 19.2 Å². The summed E-state index contributed by atoms with van der Waals surface area (Å²) in [5.41, 5.74) is 1.81. The van der Waals surface area contributed by atoms with Gasteiger partial charge in [-0.15, -0.1) is 0 Å². The van der Waals surface area contributed by atoms with Gasteiger partial charge in [-0.3, -0.25) is 4.79 Å². The van der Waals surface area contributed by atoms with Crippen LogP contribution in [0.25, 0.3) is 6.08 Å². The van der Waals surface area contributed by atoms with Gasteiger partial charge in [0.2, 0.25) is 0 Å². The van der Waals surface area contributed by atoms with Crippen molar-refractivity contribution in [1.29, 1.82) is 0 Å². The van der Waals surface area contributed by atoms with Gasteiger partial charge in [0.15, 0.2) is 6.10 Å². The second-order valence-electron chi connectivity index (χ2n) is 5.81. The Kier molecular flexibility index (Phi) is 6.57. The van der Waals surface area contributed by atoms with E-state index in [1.54, 1.807) is 19.1 Å². The number of hydrogen-bond acceptors (Lipinski definition) is 4. The van der Waals surface area contributed by atoms with Crippen molar-refractivity contribution in [2.24, 2.45) is 0 Å².